The van der Waals surface area contributed by atoms with Crippen molar-refractivity contribution in [3.05, 3.63) is 118 Å². The summed E-state index contributed by atoms with van der Waals surface area (Å²) in [4.78, 5) is 0. The quantitative estimate of drug-likeness (QED) is 0.220. The molecule has 0 N–H and O–H groups in total. The van der Waals surface area contributed by atoms with Crippen molar-refractivity contribution in [3.63, 3.8) is 0 Å². The Kier molecular flexibility index (Phi) is 4.53. The summed E-state index contributed by atoms with van der Waals surface area (Å²) in [6, 6.07) is 31.4. The van der Waals surface area contributed by atoms with Gasteiger partial charge in [-0.1, -0.05) is 84.4 Å². The molecule has 5 aromatic rings. The number of hydrogen-bond acceptors (Lipinski definition) is 0. The normalized spacial score (nSPS) is 15.2. The highest BCUT2D eigenvalue weighted by Gasteiger charge is 2.36. The molecule has 170 valence electrons. The second kappa shape index (κ2) is 7.57. The molecule has 1 aromatic heterocycles. The highest BCUT2D eigenvalue weighted by Crippen LogP contribution is 2.51. The van der Waals surface area contributed by atoms with Crippen LogP contribution in [0, 0.1) is 0 Å². The molecule has 2 aliphatic carbocycles. The van der Waals surface area contributed by atoms with E-state index in [2.05, 4.69) is 131 Å². The van der Waals surface area contributed by atoms with Crippen molar-refractivity contribution in [2.75, 3.05) is 0 Å². The monoisotopic (exact) mass is 515 g/mol. The average Bonchev–Trinajstić information content (AvgIpc) is 3.34. The minimum atomic E-state index is -0.0313. The van der Waals surface area contributed by atoms with Crippen LogP contribution >= 0.6 is 15.9 Å². The topological polar surface area (TPSA) is 4.93 Å². The molecule has 0 spiro atoms. The molecule has 0 radical (unpaired) electrons. The predicted molar refractivity (Wildman–Crippen MR) is 151 cm³/mol. The van der Waals surface area contributed by atoms with Crippen LogP contribution in [0.25, 0.3) is 44.9 Å². The standard InChI is InChI=1S/C33H26BrN/c1-33(2)28-19-21(15-17-25(28)26-18-16-22(34)20-29(26)33)24-12-8-14-31-32(24)27-11-6-7-13-30(27)35(31)23-9-4-3-5-10-23/h3-5,7-10,12-20H,6,11H2,1-2H3. The van der Waals surface area contributed by atoms with Crippen LogP contribution in [-0.4, -0.2) is 4.57 Å². The molecule has 0 saturated carbocycles. The number of nitrogens with zero attached hydrogens (tertiary/aromatic N) is 1. The number of para-hydroxylation sites is 1. The van der Waals surface area contributed by atoms with Crippen LogP contribution in [0.2, 0.25) is 0 Å². The molecule has 1 nitrogen and oxygen atoms in total. The van der Waals surface area contributed by atoms with E-state index in [1.807, 2.05) is 0 Å². The van der Waals surface area contributed by atoms with Gasteiger partial charge in [0.2, 0.25) is 0 Å². The number of aromatic nitrogens is 1. The van der Waals surface area contributed by atoms with Crippen LogP contribution in [0.5, 0.6) is 0 Å². The Hall–Kier alpha value is -3.36. The molecule has 2 aliphatic rings. The smallest absolute Gasteiger partial charge is 0.0543 e. The molecule has 4 aromatic carbocycles. The minimum absolute atomic E-state index is 0.0313. The van der Waals surface area contributed by atoms with Gasteiger partial charge in [0.1, 0.15) is 0 Å². The van der Waals surface area contributed by atoms with Gasteiger partial charge in [0.05, 0.1) is 5.52 Å². The Morgan fingerprint density at radius 2 is 1.54 bits per heavy atom. The molecule has 0 atom stereocenters. The number of rotatable bonds is 2. The Morgan fingerprint density at radius 1 is 0.771 bits per heavy atom. The van der Waals surface area contributed by atoms with E-state index in [9.17, 15) is 0 Å². The summed E-state index contributed by atoms with van der Waals surface area (Å²) in [6.07, 6.45) is 6.80. The van der Waals surface area contributed by atoms with Crippen molar-refractivity contribution in [1.82, 2.24) is 4.57 Å². The lowest BCUT2D eigenvalue weighted by atomic mass is 9.81. The zero-order chi connectivity index (χ0) is 23.7. The van der Waals surface area contributed by atoms with Gasteiger partial charge in [0, 0.05) is 26.7 Å². The largest absolute Gasteiger partial charge is 0.310 e. The van der Waals surface area contributed by atoms with E-state index in [0.717, 1.165) is 17.3 Å². The summed E-state index contributed by atoms with van der Waals surface area (Å²) >= 11 is 3.69. The highest BCUT2D eigenvalue weighted by atomic mass is 79.9. The molecule has 35 heavy (non-hydrogen) atoms. The maximum atomic E-state index is 3.69. The number of fused-ring (bicyclic) bond motifs is 6. The van der Waals surface area contributed by atoms with E-state index < -0.39 is 0 Å². The number of halogens is 1. The molecule has 2 heteroatoms. The molecule has 0 unspecified atom stereocenters. The fourth-order valence-electron chi connectivity index (χ4n) is 6.26. The Labute approximate surface area is 214 Å². The van der Waals surface area contributed by atoms with Crippen LogP contribution in [0.1, 0.15) is 42.7 Å². The van der Waals surface area contributed by atoms with Crippen molar-refractivity contribution in [2.45, 2.75) is 32.1 Å². The number of hydrogen-bond donors (Lipinski definition) is 0. The summed E-state index contributed by atoms with van der Waals surface area (Å²) in [6.45, 7) is 4.71. The minimum Gasteiger partial charge on any atom is -0.310 e. The van der Waals surface area contributed by atoms with Crippen LogP contribution in [0.4, 0.5) is 0 Å². The maximum Gasteiger partial charge on any atom is 0.0543 e. The number of aryl methyl sites for hydroxylation is 1. The molecular weight excluding hydrogens is 490 g/mol. The third-order valence-corrected chi connectivity index (χ3v) is 8.43. The first-order valence-corrected chi connectivity index (χ1v) is 13.2. The summed E-state index contributed by atoms with van der Waals surface area (Å²) in [5.41, 5.74) is 13.4. The second-order valence-electron chi connectivity index (χ2n) is 10.3. The van der Waals surface area contributed by atoms with Crippen molar-refractivity contribution >= 4 is 32.9 Å². The molecule has 1 heterocycles. The van der Waals surface area contributed by atoms with Crippen molar-refractivity contribution in [2.24, 2.45) is 0 Å². The van der Waals surface area contributed by atoms with Crippen molar-refractivity contribution in [3.8, 4) is 27.9 Å². The molecular formula is C33H26BrN. The van der Waals surface area contributed by atoms with Gasteiger partial charge >= 0.3 is 0 Å². The summed E-state index contributed by atoms with van der Waals surface area (Å²) in [5, 5.41) is 1.40. The SMILES string of the molecule is CC1(C)c2cc(Br)ccc2-c2ccc(-c3cccc4c3c3c(n4-c4ccccc4)C=CCC3)cc21. The van der Waals surface area contributed by atoms with E-state index in [1.165, 1.54) is 61.2 Å². The van der Waals surface area contributed by atoms with Gasteiger partial charge in [0.25, 0.3) is 0 Å². The fourth-order valence-corrected chi connectivity index (χ4v) is 6.62. The fraction of sp³-hybridized carbons (Fsp3) is 0.152. The first-order chi connectivity index (χ1) is 17.0. The predicted octanol–water partition coefficient (Wildman–Crippen LogP) is 9.33. The van der Waals surface area contributed by atoms with Gasteiger partial charge in [-0.05, 0) is 94.3 Å². The van der Waals surface area contributed by atoms with Crippen molar-refractivity contribution < 1.29 is 0 Å². The first kappa shape index (κ1) is 21.0. The van der Waals surface area contributed by atoms with E-state index in [0.29, 0.717) is 0 Å². The second-order valence-corrected chi connectivity index (χ2v) is 11.2. The van der Waals surface area contributed by atoms with Crippen molar-refractivity contribution in [1.29, 1.82) is 0 Å². The summed E-state index contributed by atoms with van der Waals surface area (Å²) < 4.78 is 3.58. The lowest BCUT2D eigenvalue weighted by Gasteiger charge is -2.22. The maximum absolute atomic E-state index is 3.69. The molecule has 0 aliphatic heterocycles. The third kappa shape index (κ3) is 2.99. The number of benzene rings is 4. The van der Waals surface area contributed by atoms with Gasteiger partial charge in [0.15, 0.2) is 0 Å². The zero-order valence-electron chi connectivity index (χ0n) is 20.0. The number of allylic oxidation sites excluding steroid dienone is 1. The Balaban J connectivity index is 1.48. The van der Waals surface area contributed by atoms with Crippen LogP contribution < -0.4 is 0 Å². The van der Waals surface area contributed by atoms with Crippen LogP contribution in [-0.2, 0) is 11.8 Å². The van der Waals surface area contributed by atoms with E-state index in [4.69, 9.17) is 0 Å². The van der Waals surface area contributed by atoms with Crippen LogP contribution in [0.15, 0.2) is 95.5 Å². The molecule has 0 amide bonds. The molecule has 0 bridgehead atoms. The Morgan fingerprint density at radius 3 is 2.37 bits per heavy atom. The lowest BCUT2D eigenvalue weighted by Crippen LogP contribution is -2.15. The average molecular weight is 516 g/mol. The summed E-state index contributed by atoms with van der Waals surface area (Å²) in [7, 11) is 0. The Bertz CT molecular complexity index is 1670. The first-order valence-electron chi connectivity index (χ1n) is 12.4. The van der Waals surface area contributed by atoms with Gasteiger partial charge < -0.3 is 4.57 Å². The molecule has 7 rings (SSSR count). The van der Waals surface area contributed by atoms with Gasteiger partial charge in [-0.15, -0.1) is 0 Å². The van der Waals surface area contributed by atoms with Gasteiger partial charge in [-0.25, -0.2) is 0 Å². The molecule has 0 saturated heterocycles. The van der Waals surface area contributed by atoms with Gasteiger partial charge in [-0.2, -0.15) is 0 Å². The highest BCUT2D eigenvalue weighted by molar-refractivity contribution is 9.10. The molecule has 0 fully saturated rings. The lowest BCUT2D eigenvalue weighted by molar-refractivity contribution is 0.660. The van der Waals surface area contributed by atoms with Gasteiger partial charge in [-0.3, -0.25) is 0 Å². The zero-order valence-corrected chi connectivity index (χ0v) is 21.6. The van der Waals surface area contributed by atoms with Crippen LogP contribution in [0.3, 0.4) is 0 Å². The van der Waals surface area contributed by atoms with E-state index >= 15 is 0 Å². The summed E-state index contributed by atoms with van der Waals surface area (Å²) in [5.74, 6) is 0. The van der Waals surface area contributed by atoms with E-state index in [-0.39, 0.29) is 5.41 Å². The third-order valence-electron chi connectivity index (χ3n) is 7.94. The van der Waals surface area contributed by atoms with E-state index in [1.54, 1.807) is 0 Å².